The predicted molar refractivity (Wildman–Crippen MR) is 130 cm³/mol. The van der Waals surface area contributed by atoms with Gasteiger partial charge in [-0.05, 0) is 73.1 Å². The molecule has 2 amide bonds. The molecular formula is C27H39N3O4. The number of fused-ring (bicyclic) bond motifs is 1. The molecule has 2 saturated carbocycles. The number of benzene rings is 1. The van der Waals surface area contributed by atoms with Gasteiger partial charge in [-0.2, -0.15) is 5.26 Å². The van der Waals surface area contributed by atoms with Gasteiger partial charge in [0.15, 0.2) is 0 Å². The largest absolute Gasteiger partial charge is 0.497 e. The molecule has 186 valence electrons. The number of rotatable bonds is 7. The molecule has 34 heavy (non-hydrogen) atoms. The molecule has 1 aromatic rings. The number of carbonyl (C=O) groups is 2. The van der Waals surface area contributed by atoms with Gasteiger partial charge < -0.3 is 20.1 Å². The van der Waals surface area contributed by atoms with Crippen molar-refractivity contribution in [1.29, 1.82) is 5.26 Å². The van der Waals surface area contributed by atoms with Crippen LogP contribution < -0.4 is 10.1 Å². The lowest BCUT2D eigenvalue weighted by atomic mass is 9.51. The maximum atomic E-state index is 13.0. The van der Waals surface area contributed by atoms with Gasteiger partial charge in [-0.3, -0.25) is 9.59 Å². The molecule has 2 fully saturated rings. The van der Waals surface area contributed by atoms with Crippen LogP contribution in [0.15, 0.2) is 24.3 Å². The lowest BCUT2D eigenvalue weighted by Crippen LogP contribution is -2.58. The van der Waals surface area contributed by atoms with Crippen molar-refractivity contribution in [1.82, 2.24) is 10.2 Å². The molecule has 1 aromatic carbocycles. The maximum Gasteiger partial charge on any atom is 0.251 e. The Bertz CT molecular complexity index is 911. The minimum absolute atomic E-state index is 0.000770. The molecule has 2 aliphatic carbocycles. The molecule has 0 aromatic heterocycles. The first-order chi connectivity index (χ1) is 16.1. The van der Waals surface area contributed by atoms with Crippen LogP contribution in [0.25, 0.3) is 0 Å². The molecule has 0 bridgehead atoms. The third-order valence-electron chi connectivity index (χ3n) is 8.52. The number of nitriles is 1. The first kappa shape index (κ1) is 26.0. The Kier molecular flexibility index (Phi) is 8.25. The summed E-state index contributed by atoms with van der Waals surface area (Å²) in [6, 6.07) is 9.11. The van der Waals surface area contributed by atoms with Gasteiger partial charge in [-0.1, -0.05) is 20.8 Å². The number of nitrogens with one attached hydrogen (secondary N) is 1. The SMILES string of the molecule is COc1ccc(C(=O)N[C@H]2CC[C@@]3(C)CC[C@H]([C@H](C)C(=O)N(C)CCC#N)[C@H](O)[C@H]3[C@H]2C)cc1. The van der Waals surface area contributed by atoms with E-state index < -0.39 is 6.10 Å². The average molecular weight is 470 g/mol. The number of hydrogen-bond donors (Lipinski definition) is 2. The van der Waals surface area contributed by atoms with E-state index in [9.17, 15) is 14.7 Å². The van der Waals surface area contributed by atoms with E-state index >= 15 is 0 Å². The van der Waals surface area contributed by atoms with Crippen molar-refractivity contribution >= 4 is 11.8 Å². The molecule has 7 atom stereocenters. The summed E-state index contributed by atoms with van der Waals surface area (Å²) in [5, 5.41) is 23.6. The van der Waals surface area contributed by atoms with Gasteiger partial charge in [-0.15, -0.1) is 0 Å². The second-order valence-electron chi connectivity index (χ2n) is 10.5. The van der Waals surface area contributed by atoms with E-state index in [0.29, 0.717) is 24.3 Å². The van der Waals surface area contributed by atoms with Gasteiger partial charge in [-0.25, -0.2) is 0 Å². The van der Waals surface area contributed by atoms with Crippen LogP contribution in [0.1, 0.15) is 63.2 Å². The summed E-state index contributed by atoms with van der Waals surface area (Å²) < 4.78 is 5.18. The van der Waals surface area contributed by atoms with Crippen molar-refractivity contribution in [2.75, 3.05) is 20.7 Å². The molecule has 0 aliphatic heterocycles. The van der Waals surface area contributed by atoms with Gasteiger partial charge in [0.05, 0.1) is 25.7 Å². The summed E-state index contributed by atoms with van der Waals surface area (Å²) >= 11 is 0. The summed E-state index contributed by atoms with van der Waals surface area (Å²) in [6.45, 7) is 6.68. The molecule has 0 spiro atoms. The average Bonchev–Trinajstić information content (AvgIpc) is 2.83. The number of nitrogens with zero attached hydrogens (tertiary/aromatic N) is 2. The van der Waals surface area contributed by atoms with Crippen LogP contribution >= 0.6 is 0 Å². The van der Waals surface area contributed by atoms with Crippen molar-refractivity contribution in [3.05, 3.63) is 29.8 Å². The third kappa shape index (κ3) is 5.22. The normalized spacial score (nSPS) is 31.5. The van der Waals surface area contributed by atoms with E-state index in [1.807, 2.05) is 6.92 Å². The second-order valence-corrected chi connectivity index (χ2v) is 10.5. The third-order valence-corrected chi connectivity index (χ3v) is 8.52. The zero-order chi connectivity index (χ0) is 25.0. The minimum Gasteiger partial charge on any atom is -0.497 e. The van der Waals surface area contributed by atoms with Crippen LogP contribution in [0, 0.1) is 40.4 Å². The van der Waals surface area contributed by atoms with Gasteiger partial charge in [0, 0.05) is 31.1 Å². The Morgan fingerprint density at radius 3 is 2.56 bits per heavy atom. The Morgan fingerprint density at radius 2 is 1.94 bits per heavy atom. The number of amides is 2. The summed E-state index contributed by atoms with van der Waals surface area (Å²) in [4.78, 5) is 27.5. The molecule has 3 rings (SSSR count). The van der Waals surface area contributed by atoms with E-state index in [2.05, 4.69) is 25.2 Å². The lowest BCUT2D eigenvalue weighted by Gasteiger charge is -2.56. The van der Waals surface area contributed by atoms with Crippen LogP contribution in [0.2, 0.25) is 0 Å². The predicted octanol–water partition coefficient (Wildman–Crippen LogP) is 3.63. The van der Waals surface area contributed by atoms with Crippen LogP contribution in [0.4, 0.5) is 0 Å². The molecule has 7 nitrogen and oxygen atoms in total. The summed E-state index contributed by atoms with van der Waals surface area (Å²) in [6.07, 6.45) is 3.27. The molecule has 2 aliphatic rings. The quantitative estimate of drug-likeness (QED) is 0.635. The van der Waals surface area contributed by atoms with E-state index in [1.54, 1.807) is 43.3 Å². The number of methoxy groups -OCH3 is 1. The van der Waals surface area contributed by atoms with Crippen LogP contribution in [0.3, 0.4) is 0 Å². The number of aliphatic hydroxyl groups is 1. The van der Waals surface area contributed by atoms with Crippen LogP contribution in [-0.4, -0.2) is 54.7 Å². The molecule has 0 unspecified atom stereocenters. The van der Waals surface area contributed by atoms with E-state index in [0.717, 1.165) is 25.7 Å². The molecule has 2 N–H and O–H groups in total. The number of ether oxygens (including phenoxy) is 1. The Labute approximate surface area is 203 Å². The summed E-state index contributed by atoms with van der Waals surface area (Å²) in [5.41, 5.74) is 0.578. The van der Waals surface area contributed by atoms with E-state index in [1.165, 1.54) is 0 Å². The number of aliphatic hydroxyl groups excluding tert-OH is 1. The number of carbonyl (C=O) groups excluding carboxylic acids is 2. The van der Waals surface area contributed by atoms with Gasteiger partial charge in [0.1, 0.15) is 5.75 Å². The van der Waals surface area contributed by atoms with E-state index in [4.69, 9.17) is 10.00 Å². The Balaban J connectivity index is 1.72. The molecule has 7 heteroatoms. The first-order valence-corrected chi connectivity index (χ1v) is 12.4. The van der Waals surface area contributed by atoms with Gasteiger partial charge >= 0.3 is 0 Å². The van der Waals surface area contributed by atoms with Gasteiger partial charge in [0.2, 0.25) is 5.91 Å². The van der Waals surface area contributed by atoms with Crippen molar-refractivity contribution in [2.24, 2.45) is 29.1 Å². The Hall–Kier alpha value is -2.59. The van der Waals surface area contributed by atoms with Crippen molar-refractivity contribution in [3.63, 3.8) is 0 Å². The summed E-state index contributed by atoms with van der Waals surface area (Å²) in [5.74, 6) is 0.205. The smallest absolute Gasteiger partial charge is 0.251 e. The minimum atomic E-state index is -0.613. The fourth-order valence-corrected chi connectivity index (χ4v) is 6.35. The zero-order valence-electron chi connectivity index (χ0n) is 21.1. The van der Waals surface area contributed by atoms with E-state index in [-0.39, 0.29) is 46.9 Å². The first-order valence-electron chi connectivity index (χ1n) is 12.4. The van der Waals surface area contributed by atoms with Gasteiger partial charge in [0.25, 0.3) is 5.91 Å². The van der Waals surface area contributed by atoms with Crippen LogP contribution in [-0.2, 0) is 4.79 Å². The highest BCUT2D eigenvalue weighted by Gasteiger charge is 2.54. The fourth-order valence-electron chi connectivity index (χ4n) is 6.35. The highest BCUT2D eigenvalue weighted by atomic mass is 16.5. The Morgan fingerprint density at radius 1 is 1.29 bits per heavy atom. The second kappa shape index (κ2) is 10.8. The van der Waals surface area contributed by atoms with Crippen LogP contribution in [0.5, 0.6) is 5.75 Å². The van der Waals surface area contributed by atoms with Crippen molar-refractivity contribution < 1.29 is 19.4 Å². The zero-order valence-corrected chi connectivity index (χ0v) is 21.1. The molecule has 0 heterocycles. The molecular weight excluding hydrogens is 430 g/mol. The highest BCUT2D eigenvalue weighted by molar-refractivity contribution is 5.94. The highest BCUT2D eigenvalue weighted by Crippen LogP contribution is 2.55. The maximum absolute atomic E-state index is 13.0. The monoisotopic (exact) mass is 469 g/mol. The topological polar surface area (TPSA) is 103 Å². The fraction of sp³-hybridized carbons (Fsp3) is 0.667. The molecule has 0 radical (unpaired) electrons. The number of hydrogen-bond acceptors (Lipinski definition) is 5. The summed E-state index contributed by atoms with van der Waals surface area (Å²) in [7, 11) is 3.32. The lowest BCUT2D eigenvalue weighted by molar-refractivity contribution is -0.149. The molecule has 0 saturated heterocycles. The standard InChI is InChI=1S/C27H39N3O4/c1-17(26(33)30(4)16-6-15-28)21-11-13-27(3)14-12-22(18(2)23(27)24(21)31)29-25(32)19-7-9-20(34-5)10-8-19/h7-10,17-18,21-24,31H,6,11-14,16H2,1-5H3,(H,29,32)/t17-,18-,21+,22-,23+,24-,27+/m0/s1. The van der Waals surface area contributed by atoms with Crippen molar-refractivity contribution in [3.8, 4) is 11.8 Å². The van der Waals surface area contributed by atoms with Crippen molar-refractivity contribution in [2.45, 2.75) is 65.0 Å².